The molecule has 0 saturated heterocycles. The van der Waals surface area contributed by atoms with Crippen molar-refractivity contribution in [1.29, 1.82) is 0 Å². The van der Waals surface area contributed by atoms with E-state index < -0.39 is 11.2 Å². The molecule has 0 amide bonds. The lowest BCUT2D eigenvalue weighted by Gasteiger charge is -2.12. The molecule has 1 unspecified atom stereocenters. The van der Waals surface area contributed by atoms with Crippen LogP contribution in [0.3, 0.4) is 0 Å². The molecule has 1 N–H and O–H groups in total. The Morgan fingerprint density at radius 2 is 1.80 bits per heavy atom. The number of carboxylic acid groups (broad SMARTS) is 1. The number of carbonyl (C=O) groups is 1. The van der Waals surface area contributed by atoms with Gasteiger partial charge in [-0.3, -0.25) is 4.79 Å². The lowest BCUT2D eigenvalue weighted by atomic mass is 10.1. The number of rotatable bonds is 6. The lowest BCUT2D eigenvalue weighted by molar-refractivity contribution is -0.136. The zero-order valence-corrected chi connectivity index (χ0v) is 12.4. The minimum atomic E-state index is -0.810. The predicted octanol–water partition coefficient (Wildman–Crippen LogP) is 4.48. The van der Waals surface area contributed by atoms with Crippen molar-refractivity contribution in [3.05, 3.63) is 71.3 Å². The van der Waals surface area contributed by atoms with Crippen molar-refractivity contribution < 1.29 is 9.90 Å². The van der Waals surface area contributed by atoms with Crippen molar-refractivity contribution >= 4 is 29.3 Å². The number of halogens is 1. The Hall–Kier alpha value is -1.45. The topological polar surface area (TPSA) is 37.3 Å². The first-order chi connectivity index (χ1) is 9.70. The van der Waals surface area contributed by atoms with Gasteiger partial charge in [0.15, 0.2) is 0 Å². The first-order valence-corrected chi connectivity index (χ1v) is 7.82. The summed E-state index contributed by atoms with van der Waals surface area (Å²) < 4.78 is 0. The highest BCUT2D eigenvalue weighted by Crippen LogP contribution is 2.31. The number of hydrogen-bond donors (Lipinski definition) is 1. The van der Waals surface area contributed by atoms with Crippen LogP contribution in [0.15, 0.2) is 54.6 Å². The molecule has 0 radical (unpaired) electrons. The van der Waals surface area contributed by atoms with Gasteiger partial charge in [-0.05, 0) is 16.7 Å². The molecule has 20 heavy (non-hydrogen) atoms. The fraction of sp³-hybridized carbons (Fsp3) is 0.188. The largest absolute Gasteiger partial charge is 0.480 e. The first-order valence-electron chi connectivity index (χ1n) is 6.24. The van der Waals surface area contributed by atoms with Gasteiger partial charge in [0, 0.05) is 11.6 Å². The van der Waals surface area contributed by atoms with Gasteiger partial charge in [-0.2, -0.15) is 0 Å². The molecule has 104 valence electrons. The van der Waals surface area contributed by atoms with Crippen LogP contribution in [-0.4, -0.2) is 11.1 Å². The second-order valence-corrected chi connectivity index (χ2v) is 5.75. The van der Waals surface area contributed by atoms with E-state index in [0.29, 0.717) is 11.6 Å². The van der Waals surface area contributed by atoms with Crippen LogP contribution in [0.2, 0.25) is 0 Å². The van der Waals surface area contributed by atoms with E-state index in [1.807, 2.05) is 54.6 Å². The molecule has 0 spiro atoms. The summed E-state index contributed by atoms with van der Waals surface area (Å²) in [5.41, 5.74) is 2.96. The Balaban J connectivity index is 2.08. The molecule has 2 aromatic carbocycles. The van der Waals surface area contributed by atoms with Gasteiger partial charge in [0.05, 0.1) is 0 Å². The number of thioether (sulfide) groups is 1. The van der Waals surface area contributed by atoms with Crippen LogP contribution >= 0.6 is 23.4 Å². The average Bonchev–Trinajstić information content (AvgIpc) is 2.48. The Morgan fingerprint density at radius 1 is 1.10 bits per heavy atom. The molecule has 0 fully saturated rings. The Labute approximate surface area is 127 Å². The number of hydrogen-bond acceptors (Lipinski definition) is 2. The molecule has 0 saturated carbocycles. The maximum absolute atomic E-state index is 11.4. The molecular formula is C16H15ClO2S. The zero-order valence-electron chi connectivity index (χ0n) is 10.8. The average molecular weight is 307 g/mol. The van der Waals surface area contributed by atoms with Crippen LogP contribution in [0.25, 0.3) is 0 Å². The third-order valence-corrected chi connectivity index (χ3v) is 4.50. The third-order valence-electron chi connectivity index (χ3n) is 2.89. The van der Waals surface area contributed by atoms with Crippen LogP contribution in [0.5, 0.6) is 0 Å². The normalized spacial score (nSPS) is 12.1. The molecule has 2 nitrogen and oxygen atoms in total. The Kier molecular flexibility index (Phi) is 5.50. The fourth-order valence-electron chi connectivity index (χ4n) is 1.92. The van der Waals surface area contributed by atoms with Gasteiger partial charge in [-0.15, -0.1) is 23.4 Å². The smallest absolute Gasteiger partial charge is 0.321 e. The summed E-state index contributed by atoms with van der Waals surface area (Å²) in [7, 11) is 0. The van der Waals surface area contributed by atoms with Crippen molar-refractivity contribution in [3.8, 4) is 0 Å². The van der Waals surface area contributed by atoms with Crippen molar-refractivity contribution in [2.45, 2.75) is 16.9 Å². The number of benzene rings is 2. The van der Waals surface area contributed by atoms with Gasteiger partial charge in [-0.25, -0.2) is 0 Å². The molecule has 0 aliphatic heterocycles. The highest BCUT2D eigenvalue weighted by molar-refractivity contribution is 7.99. The predicted molar refractivity (Wildman–Crippen MR) is 84.1 cm³/mol. The lowest BCUT2D eigenvalue weighted by Crippen LogP contribution is -2.08. The second kappa shape index (κ2) is 7.36. The fourth-order valence-corrected chi connectivity index (χ4v) is 3.12. The molecular weight excluding hydrogens is 292 g/mol. The molecule has 2 rings (SSSR count). The molecule has 1 atom stereocenters. The zero-order chi connectivity index (χ0) is 14.4. The summed E-state index contributed by atoms with van der Waals surface area (Å²) in [6, 6.07) is 17.2. The van der Waals surface area contributed by atoms with Crippen LogP contribution in [0.4, 0.5) is 0 Å². The van der Waals surface area contributed by atoms with Crippen molar-refractivity contribution in [3.63, 3.8) is 0 Å². The maximum atomic E-state index is 11.4. The van der Waals surface area contributed by atoms with E-state index in [1.165, 1.54) is 11.8 Å². The molecule has 0 aliphatic carbocycles. The number of alkyl halides is 1. The van der Waals surface area contributed by atoms with Gasteiger partial charge < -0.3 is 5.11 Å². The monoisotopic (exact) mass is 306 g/mol. The first kappa shape index (κ1) is 14.9. The summed E-state index contributed by atoms with van der Waals surface area (Å²) >= 11 is 7.22. The summed E-state index contributed by atoms with van der Waals surface area (Å²) in [4.78, 5) is 11.4. The standard InChI is InChI=1S/C16H15ClO2S/c17-10-12-5-4-6-13(9-12)11-20-15(16(18)19)14-7-2-1-3-8-14/h1-9,15H,10-11H2,(H,18,19). The summed E-state index contributed by atoms with van der Waals surface area (Å²) in [5, 5.41) is 8.82. The van der Waals surface area contributed by atoms with Crippen LogP contribution in [0.1, 0.15) is 21.9 Å². The summed E-state index contributed by atoms with van der Waals surface area (Å²) in [5.74, 6) is 0.311. The van der Waals surface area contributed by atoms with E-state index >= 15 is 0 Å². The minimum Gasteiger partial charge on any atom is -0.480 e. The van der Waals surface area contributed by atoms with Gasteiger partial charge in [0.1, 0.15) is 5.25 Å². The van der Waals surface area contributed by atoms with Gasteiger partial charge >= 0.3 is 5.97 Å². The van der Waals surface area contributed by atoms with E-state index in [2.05, 4.69) is 0 Å². The van der Waals surface area contributed by atoms with E-state index in [9.17, 15) is 9.90 Å². The van der Waals surface area contributed by atoms with Gasteiger partial charge in [0.2, 0.25) is 0 Å². The molecule has 0 aliphatic rings. The second-order valence-electron chi connectivity index (χ2n) is 4.39. The van der Waals surface area contributed by atoms with E-state index in [0.717, 1.165) is 16.7 Å². The summed E-state index contributed by atoms with van der Waals surface area (Å²) in [6.45, 7) is 0. The van der Waals surface area contributed by atoms with E-state index in [4.69, 9.17) is 11.6 Å². The SMILES string of the molecule is O=C(O)C(SCc1cccc(CCl)c1)c1ccccc1. The molecule has 0 bridgehead atoms. The Bertz CT molecular complexity index is 572. The van der Waals surface area contributed by atoms with Crippen LogP contribution < -0.4 is 0 Å². The van der Waals surface area contributed by atoms with Crippen LogP contribution in [0, 0.1) is 0 Å². The summed E-state index contributed by atoms with van der Waals surface area (Å²) in [6.07, 6.45) is 0. The van der Waals surface area contributed by atoms with Gasteiger partial charge in [0.25, 0.3) is 0 Å². The third kappa shape index (κ3) is 4.02. The van der Waals surface area contributed by atoms with Crippen molar-refractivity contribution in [1.82, 2.24) is 0 Å². The molecule has 2 aromatic rings. The van der Waals surface area contributed by atoms with Gasteiger partial charge in [-0.1, -0.05) is 54.6 Å². The molecule has 0 aromatic heterocycles. The van der Waals surface area contributed by atoms with Crippen molar-refractivity contribution in [2.75, 3.05) is 0 Å². The maximum Gasteiger partial charge on any atom is 0.321 e. The number of carboxylic acids is 1. The van der Waals surface area contributed by atoms with E-state index in [-0.39, 0.29) is 0 Å². The Morgan fingerprint density at radius 3 is 2.45 bits per heavy atom. The van der Waals surface area contributed by atoms with Crippen LogP contribution in [-0.2, 0) is 16.4 Å². The number of aliphatic carboxylic acids is 1. The highest BCUT2D eigenvalue weighted by atomic mass is 35.5. The quantitative estimate of drug-likeness (QED) is 0.799. The van der Waals surface area contributed by atoms with E-state index in [1.54, 1.807) is 0 Å². The minimum absolute atomic E-state index is 0.472. The van der Waals surface area contributed by atoms with Crippen molar-refractivity contribution in [2.24, 2.45) is 0 Å². The molecule has 0 heterocycles. The molecule has 4 heteroatoms. The highest BCUT2D eigenvalue weighted by Gasteiger charge is 2.19.